The van der Waals surface area contributed by atoms with Crippen molar-refractivity contribution in [2.75, 3.05) is 25.6 Å². The smallest absolute Gasteiger partial charge is 0.0473 e. The molecule has 1 rings (SSSR count). The van der Waals surface area contributed by atoms with Crippen LogP contribution in [0.4, 0.5) is 0 Å². The number of thioether (sulfide) groups is 1. The lowest BCUT2D eigenvalue weighted by molar-refractivity contribution is 0.187. The number of nitrogens with two attached hydrogens (primary N) is 1. The van der Waals surface area contributed by atoms with Gasteiger partial charge in [-0.05, 0) is 50.3 Å². The van der Waals surface area contributed by atoms with Crippen molar-refractivity contribution in [2.45, 2.75) is 39.3 Å². The molecule has 19 heavy (non-hydrogen) atoms. The second kappa shape index (κ2) is 7.93. The molecule has 1 aromatic carbocycles. The van der Waals surface area contributed by atoms with Crippen molar-refractivity contribution in [1.29, 1.82) is 0 Å². The molecule has 0 spiro atoms. The quantitative estimate of drug-likeness (QED) is 0.830. The fourth-order valence-electron chi connectivity index (χ4n) is 2.62. The van der Waals surface area contributed by atoms with Gasteiger partial charge in [-0.15, -0.1) is 0 Å². The van der Waals surface area contributed by atoms with Gasteiger partial charge in [0.15, 0.2) is 0 Å². The molecule has 0 aliphatic rings. The zero-order valence-electron chi connectivity index (χ0n) is 12.9. The molecule has 0 saturated heterocycles. The van der Waals surface area contributed by atoms with Gasteiger partial charge in [0.25, 0.3) is 0 Å². The fraction of sp³-hybridized carbons (Fsp3) is 0.625. The van der Waals surface area contributed by atoms with Gasteiger partial charge in [0.05, 0.1) is 0 Å². The maximum absolute atomic E-state index is 6.06. The number of rotatable bonds is 7. The van der Waals surface area contributed by atoms with Crippen LogP contribution in [-0.4, -0.2) is 36.5 Å². The zero-order valence-corrected chi connectivity index (χ0v) is 13.8. The van der Waals surface area contributed by atoms with Crippen LogP contribution in [0, 0.1) is 13.8 Å². The second-order valence-corrected chi connectivity index (χ2v) is 6.13. The van der Waals surface area contributed by atoms with Gasteiger partial charge in [-0.3, -0.25) is 4.90 Å². The Morgan fingerprint density at radius 3 is 2.53 bits per heavy atom. The van der Waals surface area contributed by atoms with Gasteiger partial charge in [0.1, 0.15) is 0 Å². The fourth-order valence-corrected chi connectivity index (χ4v) is 3.47. The summed E-state index contributed by atoms with van der Waals surface area (Å²) in [4.78, 5) is 2.46. The molecule has 0 bridgehead atoms. The third-order valence-electron chi connectivity index (χ3n) is 4.13. The highest BCUT2D eigenvalue weighted by molar-refractivity contribution is 7.98. The highest BCUT2D eigenvalue weighted by Crippen LogP contribution is 2.27. The van der Waals surface area contributed by atoms with Gasteiger partial charge in [0.2, 0.25) is 0 Å². The summed E-state index contributed by atoms with van der Waals surface area (Å²) in [6.45, 7) is 7.31. The third-order valence-corrected chi connectivity index (χ3v) is 4.84. The van der Waals surface area contributed by atoms with Crippen LogP contribution in [-0.2, 0) is 0 Å². The summed E-state index contributed by atoms with van der Waals surface area (Å²) >= 11 is 1.91. The summed E-state index contributed by atoms with van der Waals surface area (Å²) in [5.74, 6) is 1.16. The molecular weight excluding hydrogens is 252 g/mol. The van der Waals surface area contributed by atoms with Crippen LogP contribution in [0.5, 0.6) is 0 Å². The number of aryl methyl sites for hydroxylation is 1. The largest absolute Gasteiger partial charge is 0.329 e. The Kier molecular flexibility index (Phi) is 6.90. The standard InChI is InChI=1S/C16H28N2S/c1-6-14(11-19-5)18(4)16(10-17)15-9-7-8-12(2)13(15)3/h7-9,14,16H,6,10-11,17H2,1-5H3. The first-order valence-corrected chi connectivity index (χ1v) is 8.43. The molecule has 2 atom stereocenters. The molecule has 0 saturated carbocycles. The van der Waals surface area contributed by atoms with Crippen LogP contribution >= 0.6 is 11.8 Å². The van der Waals surface area contributed by atoms with Crippen LogP contribution in [0.1, 0.15) is 36.1 Å². The Morgan fingerprint density at radius 2 is 2.00 bits per heavy atom. The van der Waals surface area contributed by atoms with Crippen molar-refractivity contribution in [3.8, 4) is 0 Å². The van der Waals surface area contributed by atoms with E-state index in [0.717, 1.165) is 5.75 Å². The molecule has 2 unspecified atom stereocenters. The summed E-state index contributed by atoms with van der Waals surface area (Å²) < 4.78 is 0. The van der Waals surface area contributed by atoms with Crippen molar-refractivity contribution in [3.05, 3.63) is 34.9 Å². The summed E-state index contributed by atoms with van der Waals surface area (Å²) in [6, 6.07) is 7.44. The van der Waals surface area contributed by atoms with E-state index in [1.54, 1.807) is 0 Å². The first-order chi connectivity index (χ1) is 9.06. The van der Waals surface area contributed by atoms with Gasteiger partial charge >= 0.3 is 0 Å². The molecule has 0 amide bonds. The monoisotopic (exact) mass is 280 g/mol. The van der Waals surface area contributed by atoms with E-state index in [1.807, 2.05) is 11.8 Å². The molecule has 2 N–H and O–H groups in total. The van der Waals surface area contributed by atoms with Gasteiger partial charge in [0, 0.05) is 24.4 Å². The maximum Gasteiger partial charge on any atom is 0.0473 e. The van der Waals surface area contributed by atoms with E-state index in [0.29, 0.717) is 18.6 Å². The molecule has 108 valence electrons. The summed E-state index contributed by atoms with van der Waals surface area (Å²) in [7, 11) is 2.21. The van der Waals surface area contributed by atoms with Crippen molar-refractivity contribution < 1.29 is 0 Å². The van der Waals surface area contributed by atoms with Gasteiger partial charge in [-0.2, -0.15) is 11.8 Å². The molecule has 0 heterocycles. The number of hydrogen-bond donors (Lipinski definition) is 1. The highest BCUT2D eigenvalue weighted by Gasteiger charge is 2.23. The lowest BCUT2D eigenvalue weighted by Crippen LogP contribution is -2.40. The van der Waals surface area contributed by atoms with Crippen LogP contribution < -0.4 is 5.73 Å². The SMILES string of the molecule is CCC(CSC)N(C)C(CN)c1cccc(C)c1C. The van der Waals surface area contributed by atoms with E-state index in [-0.39, 0.29) is 0 Å². The van der Waals surface area contributed by atoms with E-state index in [9.17, 15) is 0 Å². The van der Waals surface area contributed by atoms with Crippen LogP contribution in [0.15, 0.2) is 18.2 Å². The Morgan fingerprint density at radius 1 is 1.32 bits per heavy atom. The third kappa shape index (κ3) is 3.98. The first-order valence-electron chi connectivity index (χ1n) is 7.03. The normalized spacial score (nSPS) is 14.7. The Balaban J connectivity index is 3.02. The lowest BCUT2D eigenvalue weighted by atomic mass is 9.95. The Labute approximate surface area is 122 Å². The number of benzene rings is 1. The summed E-state index contributed by atoms with van der Waals surface area (Å²) in [6.07, 6.45) is 3.34. The van der Waals surface area contributed by atoms with Gasteiger partial charge < -0.3 is 5.73 Å². The van der Waals surface area contributed by atoms with E-state index in [1.165, 1.54) is 23.1 Å². The topological polar surface area (TPSA) is 29.3 Å². The molecule has 0 aliphatic carbocycles. The van der Waals surface area contributed by atoms with Crippen LogP contribution in [0.25, 0.3) is 0 Å². The van der Waals surface area contributed by atoms with Crippen molar-refractivity contribution in [2.24, 2.45) is 5.73 Å². The molecule has 3 heteroatoms. The van der Waals surface area contributed by atoms with E-state index in [4.69, 9.17) is 5.73 Å². The number of likely N-dealkylation sites (N-methyl/N-ethyl adjacent to an activating group) is 1. The maximum atomic E-state index is 6.06. The summed E-state index contributed by atoms with van der Waals surface area (Å²) in [5.41, 5.74) is 10.2. The minimum absolute atomic E-state index is 0.317. The minimum atomic E-state index is 0.317. The molecule has 2 nitrogen and oxygen atoms in total. The predicted octanol–water partition coefficient (Wildman–Crippen LogP) is 3.38. The van der Waals surface area contributed by atoms with E-state index in [2.05, 4.69) is 57.2 Å². The van der Waals surface area contributed by atoms with E-state index < -0.39 is 0 Å². The molecule has 0 aromatic heterocycles. The molecule has 1 aromatic rings. The molecule has 0 aliphatic heterocycles. The molecule has 0 radical (unpaired) electrons. The highest BCUT2D eigenvalue weighted by atomic mass is 32.2. The van der Waals surface area contributed by atoms with Crippen molar-refractivity contribution in [3.63, 3.8) is 0 Å². The second-order valence-electron chi connectivity index (χ2n) is 5.22. The Hall–Kier alpha value is -0.510. The summed E-state index contributed by atoms with van der Waals surface area (Å²) in [5, 5.41) is 0. The average molecular weight is 280 g/mol. The number of nitrogens with zero attached hydrogens (tertiary/aromatic N) is 1. The van der Waals surface area contributed by atoms with Crippen LogP contribution in [0.3, 0.4) is 0 Å². The van der Waals surface area contributed by atoms with Crippen molar-refractivity contribution >= 4 is 11.8 Å². The van der Waals surface area contributed by atoms with Crippen molar-refractivity contribution in [1.82, 2.24) is 4.90 Å². The van der Waals surface area contributed by atoms with Gasteiger partial charge in [-0.1, -0.05) is 25.1 Å². The van der Waals surface area contributed by atoms with Crippen LogP contribution in [0.2, 0.25) is 0 Å². The number of hydrogen-bond acceptors (Lipinski definition) is 3. The average Bonchev–Trinajstić information content (AvgIpc) is 2.41. The molecule has 0 fully saturated rings. The molecular formula is C16H28N2S. The lowest BCUT2D eigenvalue weighted by Gasteiger charge is -2.35. The first kappa shape index (κ1) is 16.5. The predicted molar refractivity (Wildman–Crippen MR) is 87.9 cm³/mol. The van der Waals surface area contributed by atoms with E-state index >= 15 is 0 Å². The van der Waals surface area contributed by atoms with Gasteiger partial charge in [-0.25, -0.2) is 0 Å². The minimum Gasteiger partial charge on any atom is -0.329 e. The zero-order chi connectivity index (χ0) is 14.4. The Bertz CT molecular complexity index is 392.